The van der Waals surface area contributed by atoms with Gasteiger partial charge in [-0.1, -0.05) is 25.5 Å². The zero-order chi connectivity index (χ0) is 16.9. The molecule has 0 aliphatic rings. The summed E-state index contributed by atoms with van der Waals surface area (Å²) in [4.78, 5) is 20.1. The number of rotatable bonds is 7. The standard InChI is InChI=1S/C8H14O2.C4H6O2.C4H9O.H2O/c1-3-5-7-10-8(9)6-4-2;1-2-3-4(5)6;1-2-3-4-5;/h4,6H,3,5,7H2,1-2H3;2-3H,1H3,(H,5,6);5H,1-4H2;1H2/q;;+1;/b6-4+;3-2+;;. The van der Waals surface area contributed by atoms with Gasteiger partial charge >= 0.3 is 11.9 Å². The first-order valence-electron chi connectivity index (χ1n) is 7.05. The van der Waals surface area contributed by atoms with Gasteiger partial charge in [-0.25, -0.2) is 9.59 Å². The summed E-state index contributed by atoms with van der Waals surface area (Å²) < 4.78 is 4.80. The van der Waals surface area contributed by atoms with Crippen LogP contribution in [0.5, 0.6) is 0 Å². The number of carbonyl (C=O) groups is 2. The molecular formula is C16H31O6+. The number of allylic oxidation sites excluding steroid dienone is 2. The Bertz CT molecular complexity index is 282. The number of aliphatic hydroxyl groups is 1. The fraction of sp³-hybridized carbons (Fsp3) is 0.562. The summed E-state index contributed by atoms with van der Waals surface area (Å²) in [5, 5.41) is 15.9. The second-order valence-corrected chi connectivity index (χ2v) is 3.79. The Labute approximate surface area is 133 Å². The third-order valence-electron chi connectivity index (χ3n) is 1.76. The summed E-state index contributed by atoms with van der Waals surface area (Å²) in [6, 6.07) is 0. The lowest BCUT2D eigenvalue weighted by atomic mass is 10.4. The maximum atomic E-state index is 10.6. The number of esters is 1. The summed E-state index contributed by atoms with van der Waals surface area (Å²) in [5.41, 5.74) is 0. The lowest BCUT2D eigenvalue weighted by Gasteiger charge is -1.97. The molecule has 0 saturated carbocycles. The SMILES string of the molecule is C/C=C/C(=O)O.C/C=C/C(=O)OCCCC.O.[CH2+]CCCO. The molecule has 0 bridgehead atoms. The van der Waals surface area contributed by atoms with Crippen LogP contribution in [0.2, 0.25) is 0 Å². The van der Waals surface area contributed by atoms with E-state index in [0.717, 1.165) is 31.8 Å². The highest BCUT2D eigenvalue weighted by Crippen LogP contribution is 1.89. The molecule has 0 atom stereocenters. The Balaban J connectivity index is -0.000000117. The molecule has 6 nitrogen and oxygen atoms in total. The quantitative estimate of drug-likeness (QED) is 0.323. The van der Waals surface area contributed by atoms with Gasteiger partial charge in [-0.15, -0.1) is 0 Å². The van der Waals surface area contributed by atoms with E-state index in [2.05, 4.69) is 13.8 Å². The predicted molar refractivity (Wildman–Crippen MR) is 88.4 cm³/mol. The van der Waals surface area contributed by atoms with Crippen LogP contribution in [0.25, 0.3) is 0 Å². The Morgan fingerprint density at radius 3 is 1.91 bits per heavy atom. The van der Waals surface area contributed by atoms with Crippen molar-refractivity contribution in [2.75, 3.05) is 13.2 Å². The van der Waals surface area contributed by atoms with Crippen LogP contribution in [0.1, 0.15) is 46.5 Å². The van der Waals surface area contributed by atoms with Gasteiger partial charge in [-0.3, -0.25) is 0 Å². The fourth-order valence-corrected chi connectivity index (χ4v) is 0.756. The molecule has 0 unspecified atom stereocenters. The number of ether oxygens (including phenoxy) is 1. The number of unbranched alkanes of at least 4 members (excludes halogenated alkanes) is 2. The molecule has 6 heteroatoms. The molecule has 0 heterocycles. The Hall–Kier alpha value is -1.79. The molecule has 0 aromatic rings. The molecule has 0 saturated heterocycles. The van der Waals surface area contributed by atoms with Crippen molar-refractivity contribution < 1.29 is 30.0 Å². The normalized spacial score (nSPS) is 9.09. The molecule has 0 rings (SSSR count). The molecule has 0 amide bonds. The molecule has 4 N–H and O–H groups in total. The van der Waals surface area contributed by atoms with Crippen LogP contribution in [0.3, 0.4) is 0 Å². The Morgan fingerprint density at radius 2 is 1.68 bits per heavy atom. The average Bonchev–Trinajstić information content (AvgIpc) is 2.41. The first-order chi connectivity index (χ1) is 9.99. The molecule has 0 fully saturated rings. The molecule has 22 heavy (non-hydrogen) atoms. The molecule has 0 aromatic heterocycles. The van der Waals surface area contributed by atoms with E-state index in [4.69, 9.17) is 14.9 Å². The monoisotopic (exact) mass is 319 g/mol. The Kier molecular flexibility index (Phi) is 35.5. The van der Waals surface area contributed by atoms with E-state index in [0.29, 0.717) is 6.61 Å². The van der Waals surface area contributed by atoms with Gasteiger partial charge in [0.1, 0.15) is 0 Å². The third kappa shape index (κ3) is 42.9. The smallest absolute Gasteiger partial charge is 0.330 e. The molecule has 130 valence electrons. The maximum absolute atomic E-state index is 10.6. The average molecular weight is 319 g/mol. The van der Waals surface area contributed by atoms with Gasteiger partial charge in [0.05, 0.1) is 20.0 Å². The Morgan fingerprint density at radius 1 is 1.14 bits per heavy atom. The topological polar surface area (TPSA) is 115 Å². The minimum absolute atomic E-state index is 0. The van der Waals surface area contributed by atoms with Crippen molar-refractivity contribution in [3.05, 3.63) is 31.2 Å². The summed E-state index contributed by atoms with van der Waals surface area (Å²) >= 11 is 0. The van der Waals surface area contributed by atoms with Crippen LogP contribution in [-0.4, -0.2) is 40.8 Å². The largest absolute Gasteiger partial charge is 0.478 e. The summed E-state index contributed by atoms with van der Waals surface area (Å²) in [6.45, 7) is 9.85. The van der Waals surface area contributed by atoms with E-state index in [1.165, 1.54) is 12.2 Å². The van der Waals surface area contributed by atoms with Gasteiger partial charge in [0.2, 0.25) is 0 Å². The lowest BCUT2D eigenvalue weighted by Crippen LogP contribution is -2.01. The minimum atomic E-state index is -0.891. The van der Waals surface area contributed by atoms with E-state index in [-0.39, 0.29) is 18.1 Å². The van der Waals surface area contributed by atoms with Crippen molar-refractivity contribution in [3.8, 4) is 0 Å². The zero-order valence-corrected chi connectivity index (χ0v) is 13.9. The second-order valence-electron chi connectivity index (χ2n) is 3.79. The number of carbonyl (C=O) groups excluding carboxylic acids is 1. The van der Waals surface area contributed by atoms with Crippen molar-refractivity contribution in [3.63, 3.8) is 0 Å². The van der Waals surface area contributed by atoms with Crippen LogP contribution >= 0.6 is 0 Å². The zero-order valence-electron chi connectivity index (χ0n) is 13.9. The van der Waals surface area contributed by atoms with Gasteiger partial charge in [-0.2, -0.15) is 0 Å². The molecule has 0 radical (unpaired) electrons. The van der Waals surface area contributed by atoms with Gasteiger partial charge in [0, 0.05) is 25.2 Å². The number of aliphatic carboxylic acids is 1. The minimum Gasteiger partial charge on any atom is -0.478 e. The van der Waals surface area contributed by atoms with Crippen LogP contribution in [0.15, 0.2) is 24.3 Å². The second kappa shape index (κ2) is 27.5. The summed E-state index contributed by atoms with van der Waals surface area (Å²) in [6.07, 6.45) is 9.34. The fourth-order valence-electron chi connectivity index (χ4n) is 0.756. The van der Waals surface area contributed by atoms with Gasteiger partial charge in [0.25, 0.3) is 0 Å². The summed E-state index contributed by atoms with van der Waals surface area (Å²) in [7, 11) is 0. The van der Waals surface area contributed by atoms with Crippen LogP contribution in [0, 0.1) is 6.92 Å². The van der Waals surface area contributed by atoms with E-state index in [9.17, 15) is 9.59 Å². The van der Waals surface area contributed by atoms with Crippen LogP contribution in [-0.2, 0) is 14.3 Å². The van der Waals surface area contributed by atoms with Gasteiger partial charge < -0.3 is 20.4 Å². The van der Waals surface area contributed by atoms with Crippen molar-refractivity contribution in [2.24, 2.45) is 0 Å². The third-order valence-corrected chi connectivity index (χ3v) is 1.76. The van der Waals surface area contributed by atoms with E-state index in [1.54, 1.807) is 19.9 Å². The maximum Gasteiger partial charge on any atom is 0.330 e. The number of aliphatic hydroxyl groups excluding tert-OH is 1. The molecule has 0 aromatic carbocycles. The van der Waals surface area contributed by atoms with E-state index in [1.807, 2.05) is 0 Å². The van der Waals surface area contributed by atoms with Gasteiger partial charge in [-0.05, 0) is 20.3 Å². The van der Waals surface area contributed by atoms with Gasteiger partial charge in [0.15, 0.2) is 0 Å². The molecular weight excluding hydrogens is 288 g/mol. The van der Waals surface area contributed by atoms with Crippen LogP contribution in [0.4, 0.5) is 0 Å². The number of carboxylic acid groups (broad SMARTS) is 1. The predicted octanol–water partition coefficient (Wildman–Crippen LogP) is 2.32. The van der Waals surface area contributed by atoms with Crippen molar-refractivity contribution in [1.29, 1.82) is 0 Å². The van der Waals surface area contributed by atoms with E-state index < -0.39 is 5.97 Å². The first kappa shape index (κ1) is 28.4. The highest BCUT2D eigenvalue weighted by molar-refractivity contribution is 5.81. The van der Waals surface area contributed by atoms with Crippen molar-refractivity contribution >= 4 is 11.9 Å². The highest BCUT2D eigenvalue weighted by Gasteiger charge is 1.92. The highest BCUT2D eigenvalue weighted by atomic mass is 16.5. The number of hydrogen-bond acceptors (Lipinski definition) is 4. The van der Waals surface area contributed by atoms with Crippen molar-refractivity contribution in [1.82, 2.24) is 0 Å². The first-order valence-corrected chi connectivity index (χ1v) is 7.05. The lowest BCUT2D eigenvalue weighted by molar-refractivity contribution is -0.138. The number of carboxylic acids is 1. The van der Waals surface area contributed by atoms with E-state index >= 15 is 0 Å². The van der Waals surface area contributed by atoms with Crippen molar-refractivity contribution in [2.45, 2.75) is 46.5 Å². The summed E-state index contributed by atoms with van der Waals surface area (Å²) in [5.74, 6) is -1.13. The number of hydrogen-bond donors (Lipinski definition) is 2. The van der Waals surface area contributed by atoms with Crippen LogP contribution < -0.4 is 0 Å². The molecule has 0 spiro atoms. The molecule has 0 aliphatic carbocycles. The molecule has 0 aliphatic heterocycles.